The Bertz CT molecular complexity index is 1000. The predicted octanol–water partition coefficient (Wildman–Crippen LogP) is 2.36. The van der Waals surface area contributed by atoms with Gasteiger partial charge in [0.25, 0.3) is 5.91 Å². The van der Waals surface area contributed by atoms with Gasteiger partial charge in [0.15, 0.2) is 6.61 Å². The molecular formula is C23H26N4O4. The maximum absolute atomic E-state index is 12.3. The molecule has 0 bridgehead atoms. The molecule has 2 aromatic rings. The van der Waals surface area contributed by atoms with Crippen LogP contribution in [-0.4, -0.2) is 36.6 Å². The van der Waals surface area contributed by atoms with Crippen LogP contribution in [0.15, 0.2) is 41.5 Å². The fourth-order valence-corrected chi connectivity index (χ4v) is 3.08. The number of aryl methyl sites for hydroxylation is 3. The topological polar surface area (TPSA) is 109 Å². The van der Waals surface area contributed by atoms with Crippen LogP contribution in [0.1, 0.15) is 35.1 Å². The van der Waals surface area contributed by atoms with E-state index in [9.17, 15) is 14.4 Å². The van der Waals surface area contributed by atoms with Crippen molar-refractivity contribution in [1.82, 2.24) is 10.7 Å². The molecule has 0 spiro atoms. The molecule has 162 valence electrons. The Kier molecular flexibility index (Phi) is 7.02. The molecule has 2 aromatic carbocycles. The van der Waals surface area contributed by atoms with Gasteiger partial charge in [0.2, 0.25) is 0 Å². The first kappa shape index (κ1) is 22.0. The van der Waals surface area contributed by atoms with Gasteiger partial charge in [-0.3, -0.25) is 14.4 Å². The van der Waals surface area contributed by atoms with Crippen molar-refractivity contribution < 1.29 is 19.1 Å². The fourth-order valence-electron chi connectivity index (χ4n) is 3.08. The summed E-state index contributed by atoms with van der Waals surface area (Å²) < 4.78 is 5.58. The van der Waals surface area contributed by atoms with Crippen LogP contribution in [0.4, 0.5) is 5.69 Å². The van der Waals surface area contributed by atoms with Gasteiger partial charge in [-0.15, -0.1) is 0 Å². The number of hydrazone groups is 1. The van der Waals surface area contributed by atoms with Gasteiger partial charge in [-0.1, -0.05) is 29.8 Å². The highest BCUT2D eigenvalue weighted by Crippen LogP contribution is 2.22. The molecular weight excluding hydrogens is 396 g/mol. The third-order valence-corrected chi connectivity index (χ3v) is 4.67. The number of carbonyl (C=O) groups is 3. The first-order chi connectivity index (χ1) is 14.8. The number of nitrogens with zero attached hydrogens (tertiary/aromatic N) is 1. The maximum Gasteiger partial charge on any atom is 0.329 e. The van der Waals surface area contributed by atoms with Crippen molar-refractivity contribution in [2.24, 2.45) is 5.10 Å². The van der Waals surface area contributed by atoms with Crippen LogP contribution in [-0.2, 0) is 14.4 Å². The van der Waals surface area contributed by atoms with Crippen molar-refractivity contribution in [2.75, 3.05) is 11.9 Å². The lowest BCUT2D eigenvalue weighted by Crippen LogP contribution is -2.38. The van der Waals surface area contributed by atoms with Crippen molar-refractivity contribution >= 4 is 29.6 Å². The summed E-state index contributed by atoms with van der Waals surface area (Å²) in [5.41, 5.74) is 6.76. The molecule has 0 aliphatic heterocycles. The van der Waals surface area contributed by atoms with Crippen LogP contribution in [0.3, 0.4) is 0 Å². The van der Waals surface area contributed by atoms with E-state index in [1.165, 1.54) is 6.21 Å². The minimum atomic E-state index is -0.811. The molecule has 0 saturated heterocycles. The summed E-state index contributed by atoms with van der Waals surface area (Å²) in [6, 6.07) is 11.0. The van der Waals surface area contributed by atoms with Gasteiger partial charge in [0.05, 0.1) is 6.21 Å². The minimum Gasteiger partial charge on any atom is -0.484 e. The lowest BCUT2D eigenvalue weighted by molar-refractivity contribution is -0.139. The van der Waals surface area contributed by atoms with E-state index in [2.05, 4.69) is 21.2 Å². The maximum atomic E-state index is 12.3. The molecule has 0 unspecified atom stereocenters. The summed E-state index contributed by atoms with van der Waals surface area (Å²) in [7, 11) is 0. The number of hydrogen-bond donors (Lipinski definition) is 3. The summed E-state index contributed by atoms with van der Waals surface area (Å²) in [6.45, 7) is 5.77. The summed E-state index contributed by atoms with van der Waals surface area (Å²) in [5, 5.41) is 9.26. The average Bonchev–Trinajstić information content (AvgIpc) is 3.53. The Labute approximate surface area is 181 Å². The van der Waals surface area contributed by atoms with Crippen LogP contribution in [0.25, 0.3) is 0 Å². The highest BCUT2D eigenvalue weighted by molar-refractivity contribution is 6.35. The molecule has 0 radical (unpaired) electrons. The van der Waals surface area contributed by atoms with E-state index in [-0.39, 0.29) is 18.6 Å². The SMILES string of the molecule is Cc1cc(C)c(NC(=O)COc2cccc(/C=N/NC(=O)C(=O)NC3CC3)c2)c(C)c1. The van der Waals surface area contributed by atoms with Crippen molar-refractivity contribution in [3.05, 3.63) is 58.7 Å². The number of nitrogens with one attached hydrogen (secondary N) is 3. The lowest BCUT2D eigenvalue weighted by Gasteiger charge is -2.13. The average molecular weight is 422 g/mol. The van der Waals surface area contributed by atoms with Gasteiger partial charge in [-0.05, 0) is 62.4 Å². The number of hydrogen-bond acceptors (Lipinski definition) is 5. The highest BCUT2D eigenvalue weighted by Gasteiger charge is 2.26. The number of carbonyl (C=O) groups excluding carboxylic acids is 3. The van der Waals surface area contributed by atoms with Crippen molar-refractivity contribution in [1.29, 1.82) is 0 Å². The zero-order chi connectivity index (χ0) is 22.4. The Morgan fingerprint density at radius 3 is 2.45 bits per heavy atom. The Balaban J connectivity index is 1.50. The van der Waals surface area contributed by atoms with E-state index in [4.69, 9.17) is 4.74 Å². The van der Waals surface area contributed by atoms with Crippen LogP contribution in [0.5, 0.6) is 5.75 Å². The molecule has 31 heavy (non-hydrogen) atoms. The predicted molar refractivity (Wildman–Crippen MR) is 118 cm³/mol. The number of rotatable bonds is 7. The molecule has 0 aromatic heterocycles. The summed E-state index contributed by atoms with van der Waals surface area (Å²) in [5.74, 6) is -1.28. The van der Waals surface area contributed by atoms with Crippen LogP contribution < -0.4 is 20.8 Å². The van der Waals surface area contributed by atoms with E-state index in [1.54, 1.807) is 24.3 Å². The van der Waals surface area contributed by atoms with Crippen molar-refractivity contribution in [3.63, 3.8) is 0 Å². The highest BCUT2D eigenvalue weighted by atomic mass is 16.5. The normalized spacial score (nSPS) is 13.0. The zero-order valence-electron chi connectivity index (χ0n) is 17.8. The molecule has 1 aliphatic rings. The molecule has 8 heteroatoms. The van der Waals surface area contributed by atoms with E-state index < -0.39 is 11.8 Å². The van der Waals surface area contributed by atoms with Crippen LogP contribution in [0, 0.1) is 20.8 Å². The second kappa shape index (κ2) is 9.88. The first-order valence-corrected chi connectivity index (χ1v) is 10.1. The molecule has 0 heterocycles. The van der Waals surface area contributed by atoms with Crippen molar-refractivity contribution in [3.8, 4) is 5.75 Å². The number of anilines is 1. The van der Waals surface area contributed by atoms with Gasteiger partial charge in [-0.2, -0.15) is 5.10 Å². The molecule has 0 atom stereocenters. The van der Waals surface area contributed by atoms with Crippen LogP contribution >= 0.6 is 0 Å². The Hall–Kier alpha value is -3.68. The molecule has 1 saturated carbocycles. The third-order valence-electron chi connectivity index (χ3n) is 4.67. The second-order valence-corrected chi connectivity index (χ2v) is 7.63. The molecule has 3 N–H and O–H groups in total. The second-order valence-electron chi connectivity index (χ2n) is 7.63. The Morgan fingerprint density at radius 1 is 1.06 bits per heavy atom. The van der Waals surface area contributed by atoms with E-state index >= 15 is 0 Å². The summed E-state index contributed by atoms with van der Waals surface area (Å²) >= 11 is 0. The molecule has 1 fully saturated rings. The molecule has 8 nitrogen and oxygen atoms in total. The van der Waals surface area contributed by atoms with Gasteiger partial charge in [0, 0.05) is 11.7 Å². The first-order valence-electron chi connectivity index (χ1n) is 10.1. The zero-order valence-corrected chi connectivity index (χ0v) is 17.8. The van der Waals surface area contributed by atoms with Gasteiger partial charge in [-0.25, -0.2) is 5.43 Å². The van der Waals surface area contributed by atoms with Crippen molar-refractivity contribution in [2.45, 2.75) is 39.7 Å². The van der Waals surface area contributed by atoms with E-state index in [1.807, 2.05) is 32.9 Å². The minimum absolute atomic E-state index is 0.104. The van der Waals surface area contributed by atoms with E-state index in [0.717, 1.165) is 35.2 Å². The van der Waals surface area contributed by atoms with Crippen LogP contribution in [0.2, 0.25) is 0 Å². The quantitative estimate of drug-likeness (QED) is 0.362. The van der Waals surface area contributed by atoms with Gasteiger partial charge in [0.1, 0.15) is 5.75 Å². The smallest absolute Gasteiger partial charge is 0.329 e. The molecule has 3 rings (SSSR count). The largest absolute Gasteiger partial charge is 0.484 e. The summed E-state index contributed by atoms with van der Waals surface area (Å²) in [6.07, 6.45) is 3.20. The number of benzene rings is 2. The van der Waals surface area contributed by atoms with Gasteiger partial charge >= 0.3 is 11.8 Å². The van der Waals surface area contributed by atoms with E-state index in [0.29, 0.717) is 11.3 Å². The van der Waals surface area contributed by atoms with Gasteiger partial charge < -0.3 is 15.4 Å². The fraction of sp³-hybridized carbons (Fsp3) is 0.304. The molecule has 3 amide bonds. The Morgan fingerprint density at radius 2 is 1.77 bits per heavy atom. The monoisotopic (exact) mass is 422 g/mol. The number of amides is 3. The molecule has 1 aliphatic carbocycles. The number of ether oxygens (including phenoxy) is 1. The standard InChI is InChI=1S/C23H26N4O4/c1-14-9-15(2)21(16(3)10-14)26-20(28)13-31-19-6-4-5-17(11-19)12-24-27-23(30)22(29)25-18-7-8-18/h4-6,9-12,18H,7-8,13H2,1-3H3,(H,25,29)(H,26,28)(H,27,30)/b24-12+. The lowest BCUT2D eigenvalue weighted by atomic mass is 10.1. The summed E-state index contributed by atoms with van der Waals surface area (Å²) in [4.78, 5) is 35.5. The third kappa shape index (κ3) is 6.67.